The van der Waals surface area contributed by atoms with Crippen LogP contribution in [0.2, 0.25) is 5.02 Å². The second-order valence-corrected chi connectivity index (χ2v) is 11.6. The van der Waals surface area contributed by atoms with Gasteiger partial charge in [0.2, 0.25) is 5.88 Å². The summed E-state index contributed by atoms with van der Waals surface area (Å²) in [6.07, 6.45) is 1.68. The molecule has 0 saturated heterocycles. The minimum Gasteiger partial charge on any atom is -0.481 e. The van der Waals surface area contributed by atoms with E-state index < -0.39 is 28.7 Å². The van der Waals surface area contributed by atoms with Gasteiger partial charge in [0.1, 0.15) is 5.41 Å². The van der Waals surface area contributed by atoms with Gasteiger partial charge in [-0.05, 0) is 63.1 Å². The van der Waals surface area contributed by atoms with Crippen LogP contribution in [0.1, 0.15) is 59.3 Å². The number of halogens is 1. The maximum atomic E-state index is 12.6. The van der Waals surface area contributed by atoms with Gasteiger partial charge in [-0.2, -0.15) is 0 Å². The van der Waals surface area contributed by atoms with Crippen LogP contribution in [0.15, 0.2) is 60.8 Å². The largest absolute Gasteiger partial charge is 0.481 e. The van der Waals surface area contributed by atoms with E-state index in [1.807, 2.05) is 0 Å². The molecule has 1 heterocycles. The minimum absolute atomic E-state index is 0.0354. The first-order chi connectivity index (χ1) is 19.5. The highest BCUT2D eigenvalue weighted by molar-refractivity contribution is 6.30. The number of aldehydes is 1. The van der Waals surface area contributed by atoms with E-state index in [-0.39, 0.29) is 36.1 Å². The van der Waals surface area contributed by atoms with E-state index in [9.17, 15) is 35.4 Å². The van der Waals surface area contributed by atoms with Crippen LogP contribution in [0.4, 0.5) is 0 Å². The van der Waals surface area contributed by atoms with E-state index in [1.165, 1.54) is 19.2 Å². The first-order valence-corrected chi connectivity index (χ1v) is 13.5. The Labute approximate surface area is 248 Å². The normalized spacial score (nSPS) is 16.7. The number of hydrogen-bond donors (Lipinski definition) is 6. The summed E-state index contributed by atoms with van der Waals surface area (Å²) in [6, 6.07) is 14.1. The highest BCUT2D eigenvalue weighted by Gasteiger charge is 2.73. The summed E-state index contributed by atoms with van der Waals surface area (Å²) < 4.78 is 11.3. The number of carbonyl (C=O) groups excluding carboxylic acids is 1. The molecule has 1 unspecified atom stereocenters. The molecule has 0 bridgehead atoms. The maximum Gasteiger partial charge on any atom is 0.294 e. The summed E-state index contributed by atoms with van der Waals surface area (Å²) in [5.74, 6) is -6.50. The van der Waals surface area contributed by atoms with E-state index in [0.29, 0.717) is 28.3 Å². The van der Waals surface area contributed by atoms with E-state index >= 15 is 0 Å². The zero-order valence-electron chi connectivity index (χ0n) is 23.7. The SMILES string of the molecule is COc1ccc(CN(C)C(OC(O)(O)C2(C(O)(O)O)CC2)(c2ccc(Cl)cc2)c2ccc(C(C)(C)O)cc2C=O)cn1. The molecule has 0 radical (unpaired) electrons. The number of ether oxygens (including phenoxy) is 2. The molecule has 1 fully saturated rings. The molecule has 0 amide bonds. The zero-order valence-corrected chi connectivity index (χ0v) is 24.4. The summed E-state index contributed by atoms with van der Waals surface area (Å²) in [5.41, 5.74) is -4.17. The predicted octanol–water partition coefficient (Wildman–Crippen LogP) is 2.18. The monoisotopic (exact) mass is 602 g/mol. The Morgan fingerprint density at radius 3 is 2.07 bits per heavy atom. The fourth-order valence-corrected chi connectivity index (χ4v) is 5.24. The number of nitrogens with zero attached hydrogens (tertiary/aromatic N) is 2. The Kier molecular flexibility index (Phi) is 8.57. The smallest absolute Gasteiger partial charge is 0.294 e. The second-order valence-electron chi connectivity index (χ2n) is 11.1. The van der Waals surface area contributed by atoms with Crippen molar-refractivity contribution < 1.29 is 44.9 Å². The van der Waals surface area contributed by atoms with Gasteiger partial charge in [0, 0.05) is 40.5 Å². The topological polar surface area (TPSA) is 173 Å². The quantitative estimate of drug-likeness (QED) is 0.132. The lowest BCUT2D eigenvalue weighted by Crippen LogP contribution is -2.61. The number of carbonyl (C=O) groups is 1. The molecule has 0 spiro atoms. The zero-order chi connectivity index (χ0) is 31.1. The summed E-state index contributed by atoms with van der Waals surface area (Å²) >= 11 is 6.19. The van der Waals surface area contributed by atoms with Gasteiger partial charge >= 0.3 is 0 Å². The van der Waals surface area contributed by atoms with Crippen LogP contribution in [0.3, 0.4) is 0 Å². The molecule has 0 aliphatic heterocycles. The molecule has 4 rings (SSSR count). The Balaban J connectivity index is 2.01. The molecule has 3 aromatic rings. The first kappa shape index (κ1) is 32.0. The van der Waals surface area contributed by atoms with Crippen molar-refractivity contribution in [3.8, 4) is 5.88 Å². The summed E-state index contributed by atoms with van der Waals surface area (Å²) in [4.78, 5) is 18.4. The average molecular weight is 603 g/mol. The van der Waals surface area contributed by atoms with Crippen LogP contribution >= 0.6 is 11.6 Å². The van der Waals surface area contributed by atoms with E-state index in [2.05, 4.69) is 4.98 Å². The van der Waals surface area contributed by atoms with Gasteiger partial charge in [-0.3, -0.25) is 14.4 Å². The van der Waals surface area contributed by atoms with Crippen LogP contribution in [-0.4, -0.2) is 72.9 Å². The minimum atomic E-state index is -3.51. The predicted molar refractivity (Wildman–Crippen MR) is 151 cm³/mol. The number of methoxy groups -OCH3 is 1. The molecule has 42 heavy (non-hydrogen) atoms. The van der Waals surface area contributed by atoms with Gasteiger partial charge < -0.3 is 35.4 Å². The molecule has 1 aliphatic carbocycles. The number of benzene rings is 2. The van der Waals surface area contributed by atoms with E-state index in [4.69, 9.17) is 21.1 Å². The molecule has 1 aliphatic rings. The third-order valence-electron chi connectivity index (χ3n) is 7.76. The highest BCUT2D eigenvalue weighted by Crippen LogP contribution is 2.61. The average Bonchev–Trinajstić information content (AvgIpc) is 3.75. The van der Waals surface area contributed by atoms with Gasteiger partial charge in [0.25, 0.3) is 11.9 Å². The van der Waals surface area contributed by atoms with Crippen molar-refractivity contribution in [3.05, 3.63) is 93.6 Å². The van der Waals surface area contributed by atoms with Gasteiger partial charge in [-0.25, -0.2) is 4.98 Å². The van der Waals surface area contributed by atoms with Crippen LogP contribution in [0.5, 0.6) is 5.88 Å². The molecule has 12 heteroatoms. The summed E-state index contributed by atoms with van der Waals surface area (Å²) in [5, 5.41) is 64.3. The molecule has 1 atom stereocenters. The van der Waals surface area contributed by atoms with Gasteiger partial charge in [-0.15, -0.1) is 0 Å². The van der Waals surface area contributed by atoms with Gasteiger partial charge in [0.05, 0.1) is 12.7 Å². The molecule has 6 N–H and O–H groups in total. The number of aliphatic hydroxyl groups is 6. The van der Waals surface area contributed by atoms with Crippen molar-refractivity contribution in [2.75, 3.05) is 14.2 Å². The molecule has 1 aromatic heterocycles. The second kappa shape index (κ2) is 11.3. The van der Waals surface area contributed by atoms with Crippen molar-refractivity contribution in [1.82, 2.24) is 9.88 Å². The van der Waals surface area contributed by atoms with Crippen molar-refractivity contribution in [1.29, 1.82) is 0 Å². The fraction of sp³-hybridized carbons (Fsp3) is 0.400. The molecule has 1 saturated carbocycles. The Morgan fingerprint density at radius 1 is 0.976 bits per heavy atom. The third-order valence-corrected chi connectivity index (χ3v) is 8.01. The Bertz CT molecular complexity index is 1410. The van der Waals surface area contributed by atoms with Crippen molar-refractivity contribution >= 4 is 17.9 Å². The van der Waals surface area contributed by atoms with E-state index in [0.717, 1.165) is 0 Å². The summed E-state index contributed by atoms with van der Waals surface area (Å²) in [6.45, 7) is 3.15. The number of aromatic nitrogens is 1. The standard InChI is InChI=1S/C30H35ClN2O9/c1-26(2,35)22-8-11-24(20(15-22)18-34)28(21-6-9-23(31)10-7-21,33(3)17-19-5-12-25(41-4)32-16-19)42-30(39,40)27(13-14-27)29(36,37)38/h5-12,15-16,18,35-40H,13-14,17H2,1-4H3. The van der Waals surface area contributed by atoms with Gasteiger partial charge in [0.15, 0.2) is 12.0 Å². The third kappa shape index (κ3) is 5.80. The van der Waals surface area contributed by atoms with Crippen LogP contribution in [0, 0.1) is 5.41 Å². The first-order valence-electron chi connectivity index (χ1n) is 13.1. The summed E-state index contributed by atoms with van der Waals surface area (Å²) in [7, 11) is 3.07. The molecular weight excluding hydrogens is 568 g/mol. The Morgan fingerprint density at radius 2 is 1.60 bits per heavy atom. The lowest BCUT2D eigenvalue weighted by Gasteiger charge is -2.48. The number of pyridine rings is 1. The van der Waals surface area contributed by atoms with Crippen molar-refractivity contribution in [3.63, 3.8) is 0 Å². The lowest BCUT2D eigenvalue weighted by atomic mass is 9.85. The van der Waals surface area contributed by atoms with Gasteiger partial charge in [-0.1, -0.05) is 41.9 Å². The van der Waals surface area contributed by atoms with Crippen LogP contribution in [0.25, 0.3) is 0 Å². The number of hydrogen-bond acceptors (Lipinski definition) is 11. The fourth-order valence-electron chi connectivity index (χ4n) is 5.12. The Hall–Kier alpha value is -2.97. The maximum absolute atomic E-state index is 12.6. The van der Waals surface area contributed by atoms with Crippen molar-refractivity contribution in [2.24, 2.45) is 5.41 Å². The molecule has 11 nitrogen and oxygen atoms in total. The van der Waals surface area contributed by atoms with Crippen LogP contribution in [-0.2, 0) is 22.6 Å². The van der Waals surface area contributed by atoms with Crippen LogP contribution < -0.4 is 4.74 Å². The molecule has 2 aromatic carbocycles. The number of rotatable bonds is 12. The molecular formula is C30H35ClN2O9. The van der Waals surface area contributed by atoms with Crippen molar-refractivity contribution in [2.45, 2.75) is 56.5 Å². The highest BCUT2D eigenvalue weighted by atomic mass is 35.5. The molecule has 226 valence electrons. The lowest BCUT2D eigenvalue weighted by molar-refractivity contribution is -0.486. The van der Waals surface area contributed by atoms with E-state index in [1.54, 1.807) is 74.5 Å².